The summed E-state index contributed by atoms with van der Waals surface area (Å²) >= 11 is 17.9. The van der Waals surface area contributed by atoms with Gasteiger partial charge in [-0.1, -0.05) is 46.9 Å². The molecule has 5 nitrogen and oxygen atoms in total. The molecule has 0 bridgehead atoms. The Hall–Kier alpha value is -1.31. The number of hydrogen-bond donors (Lipinski definition) is 1. The summed E-state index contributed by atoms with van der Waals surface area (Å²) in [5, 5.41) is 4.07. The van der Waals surface area contributed by atoms with Crippen LogP contribution >= 0.6 is 34.8 Å². The first-order valence-electron chi connectivity index (χ1n) is 9.19. The van der Waals surface area contributed by atoms with Crippen molar-refractivity contribution in [2.24, 2.45) is 5.92 Å². The smallest absolute Gasteiger partial charge is 0.244 e. The lowest BCUT2D eigenvalue weighted by Gasteiger charge is -2.31. The van der Waals surface area contributed by atoms with Crippen LogP contribution in [0.25, 0.3) is 0 Å². The van der Waals surface area contributed by atoms with Crippen molar-refractivity contribution in [1.82, 2.24) is 9.62 Å². The van der Waals surface area contributed by atoms with E-state index in [1.807, 2.05) is 19.1 Å². The maximum Gasteiger partial charge on any atom is 0.244 e. The van der Waals surface area contributed by atoms with Crippen LogP contribution in [0.3, 0.4) is 0 Å². The molecule has 29 heavy (non-hydrogen) atoms. The zero-order chi connectivity index (χ0) is 21.2. The van der Waals surface area contributed by atoms with Gasteiger partial charge in [-0.2, -0.15) is 4.31 Å². The van der Waals surface area contributed by atoms with Crippen molar-refractivity contribution in [3.63, 3.8) is 0 Å². The monoisotopic (exact) mass is 474 g/mol. The first-order valence-corrected chi connectivity index (χ1v) is 11.8. The Kier molecular flexibility index (Phi) is 7.12. The topological polar surface area (TPSA) is 66.5 Å². The normalized spacial score (nSPS) is 17.1. The molecule has 3 rings (SSSR count). The van der Waals surface area contributed by atoms with Crippen LogP contribution in [0.5, 0.6) is 0 Å². The molecule has 0 aromatic heterocycles. The number of benzene rings is 2. The molecule has 1 unspecified atom stereocenters. The maximum atomic E-state index is 12.9. The van der Waals surface area contributed by atoms with E-state index in [-0.39, 0.29) is 40.9 Å². The van der Waals surface area contributed by atoms with E-state index in [4.69, 9.17) is 34.8 Å². The number of nitrogens with zero attached hydrogens (tertiary/aromatic N) is 1. The van der Waals surface area contributed by atoms with E-state index in [1.165, 1.54) is 16.4 Å². The summed E-state index contributed by atoms with van der Waals surface area (Å²) in [5.41, 5.74) is 0.957. The van der Waals surface area contributed by atoms with E-state index in [0.29, 0.717) is 22.9 Å². The third-order valence-electron chi connectivity index (χ3n) is 5.06. The average Bonchev–Trinajstić information content (AvgIpc) is 2.70. The fourth-order valence-corrected chi connectivity index (χ4v) is 5.67. The number of piperidine rings is 1. The number of hydrogen-bond acceptors (Lipinski definition) is 3. The Labute approximate surface area is 186 Å². The van der Waals surface area contributed by atoms with Gasteiger partial charge in [0.1, 0.15) is 4.90 Å². The van der Waals surface area contributed by atoms with E-state index >= 15 is 0 Å². The quantitative estimate of drug-likeness (QED) is 0.667. The highest BCUT2D eigenvalue weighted by atomic mass is 35.5. The largest absolute Gasteiger partial charge is 0.349 e. The number of rotatable bonds is 5. The number of carbonyl (C=O) groups excluding carboxylic acids is 1. The minimum atomic E-state index is -3.76. The Bertz CT molecular complexity index is 989. The summed E-state index contributed by atoms with van der Waals surface area (Å²) in [5.74, 6) is -0.323. The van der Waals surface area contributed by atoms with Crippen LogP contribution in [0.4, 0.5) is 0 Å². The van der Waals surface area contributed by atoms with Gasteiger partial charge in [-0.05, 0) is 55.7 Å². The number of sulfonamides is 1. The van der Waals surface area contributed by atoms with Crippen molar-refractivity contribution in [3.8, 4) is 0 Å². The van der Waals surface area contributed by atoms with Crippen molar-refractivity contribution < 1.29 is 13.2 Å². The van der Waals surface area contributed by atoms with Gasteiger partial charge in [-0.3, -0.25) is 4.79 Å². The van der Waals surface area contributed by atoms with Crippen LogP contribution in [0.1, 0.15) is 31.4 Å². The Morgan fingerprint density at radius 2 is 1.62 bits per heavy atom. The van der Waals surface area contributed by atoms with Crippen LogP contribution in [-0.4, -0.2) is 31.7 Å². The fourth-order valence-electron chi connectivity index (χ4n) is 3.34. The minimum Gasteiger partial charge on any atom is -0.349 e. The van der Waals surface area contributed by atoms with E-state index < -0.39 is 10.0 Å². The third kappa shape index (κ3) is 5.25. The van der Waals surface area contributed by atoms with Crippen molar-refractivity contribution in [3.05, 3.63) is 63.1 Å². The number of amides is 1. The second-order valence-electron chi connectivity index (χ2n) is 7.03. The Morgan fingerprint density at radius 3 is 2.24 bits per heavy atom. The summed E-state index contributed by atoms with van der Waals surface area (Å²) in [6, 6.07) is 11.5. The van der Waals surface area contributed by atoms with E-state index in [0.717, 1.165) is 5.56 Å². The molecule has 1 fully saturated rings. The van der Waals surface area contributed by atoms with Crippen molar-refractivity contribution >= 4 is 50.7 Å². The summed E-state index contributed by atoms with van der Waals surface area (Å²) in [4.78, 5) is 12.6. The van der Waals surface area contributed by atoms with Gasteiger partial charge >= 0.3 is 0 Å². The standard InChI is InChI=1S/C20H21Cl3N2O3S/c1-13(14-2-4-16(21)5-3-14)24-20(26)15-8-10-25(11-9-15)29(27,28)19-12-17(22)6-7-18(19)23/h2-7,12-13,15H,8-11H2,1H3,(H,24,26). The number of nitrogens with one attached hydrogen (secondary N) is 1. The average molecular weight is 476 g/mol. The van der Waals surface area contributed by atoms with Crippen molar-refractivity contribution in [2.45, 2.75) is 30.7 Å². The predicted molar refractivity (Wildman–Crippen MR) is 116 cm³/mol. The first kappa shape index (κ1) is 22.4. The first-order chi connectivity index (χ1) is 13.7. The fraction of sp³-hybridized carbons (Fsp3) is 0.350. The van der Waals surface area contributed by atoms with Crippen LogP contribution in [0.2, 0.25) is 15.1 Å². The molecule has 0 aliphatic carbocycles. The molecular weight excluding hydrogens is 455 g/mol. The lowest BCUT2D eigenvalue weighted by molar-refractivity contribution is -0.126. The third-order valence-corrected chi connectivity index (χ3v) is 7.93. The molecule has 1 N–H and O–H groups in total. The molecule has 2 aromatic rings. The molecule has 0 radical (unpaired) electrons. The van der Waals surface area contributed by atoms with Gasteiger partial charge in [-0.25, -0.2) is 8.42 Å². The van der Waals surface area contributed by atoms with Crippen LogP contribution in [0, 0.1) is 5.92 Å². The zero-order valence-corrected chi connectivity index (χ0v) is 18.8. The van der Waals surface area contributed by atoms with E-state index in [2.05, 4.69) is 5.32 Å². The second-order valence-corrected chi connectivity index (χ2v) is 10.2. The minimum absolute atomic E-state index is 0.00840. The molecule has 0 spiro atoms. The molecule has 1 amide bonds. The lowest BCUT2D eigenvalue weighted by atomic mass is 9.96. The zero-order valence-electron chi connectivity index (χ0n) is 15.7. The van der Waals surface area contributed by atoms with Crippen LogP contribution in [-0.2, 0) is 14.8 Å². The molecule has 2 aromatic carbocycles. The molecule has 1 atom stereocenters. The van der Waals surface area contributed by atoms with Gasteiger partial charge in [0.2, 0.25) is 15.9 Å². The highest BCUT2D eigenvalue weighted by Gasteiger charge is 2.33. The van der Waals surface area contributed by atoms with Crippen LogP contribution in [0.15, 0.2) is 47.4 Å². The van der Waals surface area contributed by atoms with Gasteiger partial charge in [0.15, 0.2) is 0 Å². The molecule has 1 aliphatic rings. The lowest BCUT2D eigenvalue weighted by Crippen LogP contribution is -2.43. The molecule has 9 heteroatoms. The summed E-state index contributed by atoms with van der Waals surface area (Å²) < 4.78 is 27.2. The van der Waals surface area contributed by atoms with E-state index in [1.54, 1.807) is 18.2 Å². The van der Waals surface area contributed by atoms with Gasteiger partial charge in [-0.15, -0.1) is 0 Å². The highest BCUT2D eigenvalue weighted by molar-refractivity contribution is 7.89. The Balaban J connectivity index is 1.61. The van der Waals surface area contributed by atoms with Gasteiger partial charge < -0.3 is 5.32 Å². The number of halogens is 3. The molecular formula is C20H21Cl3N2O3S. The predicted octanol–water partition coefficient (Wildman–Crippen LogP) is 4.92. The van der Waals surface area contributed by atoms with Gasteiger partial charge in [0.25, 0.3) is 0 Å². The molecule has 1 heterocycles. The number of carbonyl (C=O) groups is 1. The van der Waals surface area contributed by atoms with Gasteiger partial charge in [0, 0.05) is 29.1 Å². The summed E-state index contributed by atoms with van der Waals surface area (Å²) in [6.07, 6.45) is 0.882. The molecule has 1 saturated heterocycles. The SMILES string of the molecule is CC(NC(=O)C1CCN(S(=O)(=O)c2cc(Cl)ccc2Cl)CC1)c1ccc(Cl)cc1. The second kappa shape index (κ2) is 9.23. The van der Waals surface area contributed by atoms with E-state index in [9.17, 15) is 13.2 Å². The van der Waals surface area contributed by atoms with Crippen LogP contribution < -0.4 is 5.32 Å². The van der Waals surface area contributed by atoms with Crippen molar-refractivity contribution in [1.29, 1.82) is 0 Å². The molecule has 156 valence electrons. The summed E-state index contributed by atoms with van der Waals surface area (Å²) in [6.45, 7) is 2.40. The summed E-state index contributed by atoms with van der Waals surface area (Å²) in [7, 11) is -3.76. The Morgan fingerprint density at radius 1 is 1.03 bits per heavy atom. The molecule has 0 saturated carbocycles. The maximum absolute atomic E-state index is 12.9. The van der Waals surface area contributed by atoms with Crippen molar-refractivity contribution in [2.75, 3.05) is 13.1 Å². The molecule has 1 aliphatic heterocycles. The highest BCUT2D eigenvalue weighted by Crippen LogP contribution is 2.30. The van der Waals surface area contributed by atoms with Gasteiger partial charge in [0.05, 0.1) is 11.1 Å².